The van der Waals surface area contributed by atoms with Crippen LogP contribution in [0.25, 0.3) is 17.2 Å². The van der Waals surface area contributed by atoms with Gasteiger partial charge in [-0.3, -0.25) is 19.3 Å². The zero-order valence-electron chi connectivity index (χ0n) is 19.2. The number of hydrogen-bond donors (Lipinski definition) is 0. The summed E-state index contributed by atoms with van der Waals surface area (Å²) in [6.07, 6.45) is 1.71. The normalized spacial score (nSPS) is 17.4. The van der Waals surface area contributed by atoms with E-state index < -0.39 is 11.1 Å². The molecule has 5 rings (SSSR count). The third-order valence-corrected chi connectivity index (χ3v) is 7.14. The van der Waals surface area contributed by atoms with Crippen molar-refractivity contribution in [3.63, 3.8) is 0 Å². The van der Waals surface area contributed by atoms with Crippen LogP contribution in [0, 0.1) is 0 Å². The van der Waals surface area contributed by atoms with Crippen LogP contribution in [-0.4, -0.2) is 59.6 Å². The van der Waals surface area contributed by atoms with E-state index in [0.29, 0.717) is 18.0 Å². The first-order valence-electron chi connectivity index (χ1n) is 11.6. The number of imide groups is 1. The van der Waals surface area contributed by atoms with Crippen molar-refractivity contribution in [1.29, 1.82) is 0 Å². The van der Waals surface area contributed by atoms with Crippen LogP contribution in [0.15, 0.2) is 89.8 Å². The van der Waals surface area contributed by atoms with Crippen molar-refractivity contribution in [3.8, 4) is 11.1 Å². The lowest BCUT2D eigenvalue weighted by molar-refractivity contribution is -0.136. The quantitative estimate of drug-likeness (QED) is 0.491. The number of hydrogen-bond acceptors (Lipinski definition) is 5. The summed E-state index contributed by atoms with van der Waals surface area (Å²) in [7, 11) is 0. The van der Waals surface area contributed by atoms with E-state index in [9.17, 15) is 14.4 Å². The molecule has 0 aromatic heterocycles. The maximum atomic E-state index is 12.9. The minimum absolute atomic E-state index is 0.200. The van der Waals surface area contributed by atoms with Gasteiger partial charge in [-0.25, -0.2) is 0 Å². The highest BCUT2D eigenvalue weighted by molar-refractivity contribution is 8.18. The maximum absolute atomic E-state index is 12.9. The smallest absolute Gasteiger partial charge is 0.294 e. The highest BCUT2D eigenvalue weighted by Gasteiger charge is 2.37. The molecular weight excluding hydrogens is 458 g/mol. The number of anilines is 1. The van der Waals surface area contributed by atoms with E-state index in [2.05, 4.69) is 17.0 Å². The molecule has 3 aromatic carbocycles. The number of carbonyl (C=O) groups excluding carboxylic acids is 3. The Balaban J connectivity index is 1.20. The van der Waals surface area contributed by atoms with Gasteiger partial charge in [0.25, 0.3) is 11.1 Å². The Hall–Kier alpha value is -3.84. The molecule has 0 aliphatic carbocycles. The highest BCUT2D eigenvalue weighted by Crippen LogP contribution is 2.32. The Bertz CT molecular complexity index is 1250. The zero-order chi connectivity index (χ0) is 24.2. The molecule has 7 heteroatoms. The van der Waals surface area contributed by atoms with Crippen molar-refractivity contribution < 1.29 is 14.4 Å². The summed E-state index contributed by atoms with van der Waals surface area (Å²) in [5.41, 5.74) is 4.15. The van der Waals surface area contributed by atoms with Gasteiger partial charge in [-0.15, -0.1) is 0 Å². The second-order valence-electron chi connectivity index (χ2n) is 8.46. The predicted molar refractivity (Wildman–Crippen MR) is 140 cm³/mol. The fourth-order valence-electron chi connectivity index (χ4n) is 4.28. The zero-order valence-corrected chi connectivity index (χ0v) is 20.0. The van der Waals surface area contributed by atoms with Crippen molar-refractivity contribution in [3.05, 3.63) is 95.4 Å². The molecule has 35 heavy (non-hydrogen) atoms. The number of benzene rings is 3. The van der Waals surface area contributed by atoms with Crippen molar-refractivity contribution >= 4 is 40.6 Å². The molecule has 176 valence electrons. The Labute approximate surface area is 208 Å². The van der Waals surface area contributed by atoms with Gasteiger partial charge in [-0.05, 0) is 46.7 Å². The van der Waals surface area contributed by atoms with Crippen molar-refractivity contribution in [1.82, 2.24) is 9.80 Å². The van der Waals surface area contributed by atoms with Crippen LogP contribution < -0.4 is 4.90 Å². The minimum Gasteiger partial charge on any atom is -0.368 e. The number of piperazine rings is 1. The van der Waals surface area contributed by atoms with Gasteiger partial charge in [0.05, 0.1) is 4.91 Å². The fraction of sp³-hybridized carbons (Fsp3) is 0.179. The molecule has 0 spiro atoms. The van der Waals surface area contributed by atoms with Gasteiger partial charge in [0.15, 0.2) is 0 Å². The first-order chi connectivity index (χ1) is 17.1. The van der Waals surface area contributed by atoms with Gasteiger partial charge in [-0.2, -0.15) is 0 Å². The average Bonchev–Trinajstić information content (AvgIpc) is 3.17. The van der Waals surface area contributed by atoms with E-state index in [1.54, 1.807) is 11.0 Å². The molecule has 0 atom stereocenters. The molecule has 0 unspecified atom stereocenters. The van der Waals surface area contributed by atoms with Crippen LogP contribution in [0.3, 0.4) is 0 Å². The lowest BCUT2D eigenvalue weighted by Crippen LogP contribution is -2.51. The van der Waals surface area contributed by atoms with E-state index in [1.165, 1.54) is 0 Å². The Kier molecular flexibility index (Phi) is 6.68. The molecular formula is C28H25N3O3S. The van der Waals surface area contributed by atoms with Crippen LogP contribution in [0.1, 0.15) is 5.56 Å². The van der Waals surface area contributed by atoms with Gasteiger partial charge >= 0.3 is 0 Å². The topological polar surface area (TPSA) is 60.9 Å². The first kappa shape index (κ1) is 22.9. The maximum Gasteiger partial charge on any atom is 0.294 e. The summed E-state index contributed by atoms with van der Waals surface area (Å²) in [5, 5.41) is -0.404. The van der Waals surface area contributed by atoms with E-state index in [4.69, 9.17) is 0 Å². The molecule has 2 aliphatic heterocycles. The standard InChI is InChI=1S/C28H25N3O3S/c32-26(30-17-15-29(16-18-30)24-9-5-2-6-10-24)20-31-27(33)25(35-28(31)34)19-21-11-13-23(14-12-21)22-7-3-1-4-8-22/h1-14,19H,15-18,20H2. The molecule has 2 heterocycles. The summed E-state index contributed by atoms with van der Waals surface area (Å²) >= 11 is 0.883. The molecule has 0 bridgehead atoms. The molecule has 6 nitrogen and oxygen atoms in total. The fourth-order valence-corrected chi connectivity index (χ4v) is 5.12. The minimum atomic E-state index is -0.414. The second-order valence-corrected chi connectivity index (χ2v) is 9.45. The molecule has 0 N–H and O–H groups in total. The Morgan fingerprint density at radius 3 is 2.03 bits per heavy atom. The lowest BCUT2D eigenvalue weighted by Gasteiger charge is -2.36. The Morgan fingerprint density at radius 2 is 1.37 bits per heavy atom. The summed E-state index contributed by atoms with van der Waals surface area (Å²) < 4.78 is 0. The first-order valence-corrected chi connectivity index (χ1v) is 12.4. The van der Waals surface area contributed by atoms with E-state index in [0.717, 1.165) is 52.1 Å². The van der Waals surface area contributed by atoms with Crippen molar-refractivity contribution in [2.24, 2.45) is 0 Å². The summed E-state index contributed by atoms with van der Waals surface area (Å²) in [6, 6.07) is 28.0. The Morgan fingerprint density at radius 1 is 0.771 bits per heavy atom. The number of nitrogens with zero attached hydrogens (tertiary/aromatic N) is 3. The molecule has 3 aromatic rings. The van der Waals surface area contributed by atoms with Crippen LogP contribution in [0.2, 0.25) is 0 Å². The predicted octanol–water partition coefficient (Wildman–Crippen LogP) is 4.74. The van der Waals surface area contributed by atoms with Crippen LogP contribution in [-0.2, 0) is 9.59 Å². The van der Waals surface area contributed by atoms with E-state index in [-0.39, 0.29) is 12.5 Å². The number of amides is 3. The molecule has 0 radical (unpaired) electrons. The van der Waals surface area contributed by atoms with Gasteiger partial charge in [0, 0.05) is 31.9 Å². The average molecular weight is 484 g/mol. The van der Waals surface area contributed by atoms with Crippen molar-refractivity contribution in [2.45, 2.75) is 0 Å². The molecule has 0 saturated carbocycles. The molecule has 2 aliphatic rings. The SMILES string of the molecule is O=C(CN1C(=O)SC(=Cc2ccc(-c3ccccc3)cc2)C1=O)N1CCN(c2ccccc2)CC1. The highest BCUT2D eigenvalue weighted by atomic mass is 32.2. The van der Waals surface area contributed by atoms with Gasteiger partial charge < -0.3 is 9.80 Å². The second kappa shape index (κ2) is 10.2. The third-order valence-electron chi connectivity index (χ3n) is 6.24. The molecule has 2 fully saturated rings. The summed E-state index contributed by atoms with van der Waals surface area (Å²) in [4.78, 5) is 43.6. The van der Waals surface area contributed by atoms with E-state index in [1.807, 2.05) is 72.8 Å². The van der Waals surface area contributed by atoms with Gasteiger partial charge in [0.1, 0.15) is 6.54 Å². The number of thioether (sulfide) groups is 1. The van der Waals surface area contributed by atoms with Gasteiger partial charge in [0.2, 0.25) is 5.91 Å². The summed E-state index contributed by atoms with van der Waals surface area (Å²) in [6.45, 7) is 2.34. The van der Waals surface area contributed by atoms with Crippen LogP contribution in [0.5, 0.6) is 0 Å². The van der Waals surface area contributed by atoms with Gasteiger partial charge in [-0.1, -0.05) is 72.8 Å². The summed E-state index contributed by atoms with van der Waals surface area (Å²) in [5.74, 6) is -0.614. The van der Waals surface area contributed by atoms with Crippen LogP contribution in [0.4, 0.5) is 10.5 Å². The number of para-hydroxylation sites is 1. The third kappa shape index (κ3) is 5.15. The number of carbonyl (C=O) groups is 3. The van der Waals surface area contributed by atoms with Crippen LogP contribution >= 0.6 is 11.8 Å². The molecule has 2 saturated heterocycles. The largest absolute Gasteiger partial charge is 0.368 e. The monoisotopic (exact) mass is 483 g/mol. The lowest BCUT2D eigenvalue weighted by atomic mass is 10.0. The van der Waals surface area contributed by atoms with E-state index >= 15 is 0 Å². The number of rotatable bonds is 5. The molecule has 3 amide bonds. The van der Waals surface area contributed by atoms with Crippen molar-refractivity contribution in [2.75, 3.05) is 37.6 Å².